The summed E-state index contributed by atoms with van der Waals surface area (Å²) < 4.78 is 0. The molecular weight excluding hydrogens is 1330 g/mol. The van der Waals surface area contributed by atoms with Crippen LogP contribution in [0.15, 0.2) is 328 Å². The Morgan fingerprint density at radius 2 is 0.445 bits per heavy atom. The highest BCUT2D eigenvalue weighted by Gasteiger charge is 2.28. The van der Waals surface area contributed by atoms with Gasteiger partial charge in [0.2, 0.25) is 0 Å². The molecule has 0 spiro atoms. The Balaban J connectivity index is 0.000000163. The van der Waals surface area contributed by atoms with Crippen LogP contribution in [0, 0.1) is 55.4 Å². The Labute approximate surface area is 648 Å². The van der Waals surface area contributed by atoms with Gasteiger partial charge in [0.1, 0.15) is 0 Å². The molecule has 0 atom stereocenters. The Kier molecular flexibility index (Phi) is 18.6. The molecule has 0 aromatic heterocycles. The average Bonchev–Trinajstić information content (AvgIpc) is 0.710. The SMILES string of the molecule is CC(C)c1ccc(N(c2ccccc2)c2cc(-c3ccccc3)c3ccc4c(N(c5ccccc5)c5ccc(C(C)C)cc5)cc(-c5ccccc5)c5ccc2c3c54)cc1.Cc1ccc(N(c2ccc(C)c(C)c2)c2ccc3ccc4c(N(c5ccc(C)c(C)c5)c5ccc(C)c(C)c5)ccc5ccc2c3c54)cc1C. The van der Waals surface area contributed by atoms with Gasteiger partial charge in [-0.1, -0.05) is 234 Å². The van der Waals surface area contributed by atoms with Crippen LogP contribution in [0.1, 0.15) is 95.2 Å². The number of hydrogen-bond donors (Lipinski definition) is 0. The first-order valence-electron chi connectivity index (χ1n) is 38.9. The third kappa shape index (κ3) is 12.8. The summed E-state index contributed by atoms with van der Waals surface area (Å²) in [5.41, 5.74) is 31.7. The molecule has 18 rings (SSSR count). The predicted molar refractivity (Wildman–Crippen MR) is 476 cm³/mol. The van der Waals surface area contributed by atoms with E-state index in [2.05, 4.69) is 430 Å². The fraction of sp³-hybridized carbons (Fsp3) is 0.132. The molecule has 0 aliphatic carbocycles. The van der Waals surface area contributed by atoms with Gasteiger partial charge in [0.15, 0.2) is 0 Å². The van der Waals surface area contributed by atoms with Crippen molar-refractivity contribution >= 4 is 133 Å². The van der Waals surface area contributed by atoms with E-state index in [0.717, 1.165) is 34.1 Å². The lowest BCUT2D eigenvalue weighted by atomic mass is 9.85. The molecule has 18 aromatic rings. The fourth-order valence-electron chi connectivity index (χ4n) is 16.5. The summed E-state index contributed by atoms with van der Waals surface area (Å²) in [7, 11) is 0. The van der Waals surface area contributed by atoms with E-state index in [9.17, 15) is 0 Å². The minimum absolute atomic E-state index is 0.444. The molecule has 0 bridgehead atoms. The van der Waals surface area contributed by atoms with Crippen molar-refractivity contribution in [2.24, 2.45) is 0 Å². The van der Waals surface area contributed by atoms with Gasteiger partial charge in [0.25, 0.3) is 0 Å². The van der Waals surface area contributed by atoms with Crippen molar-refractivity contribution in [3.63, 3.8) is 0 Å². The summed E-state index contributed by atoms with van der Waals surface area (Å²) in [5.74, 6) is 0.889. The molecule has 0 unspecified atom stereocenters. The van der Waals surface area contributed by atoms with Crippen LogP contribution in [0.2, 0.25) is 0 Å². The van der Waals surface area contributed by atoms with Crippen LogP contribution >= 0.6 is 0 Å². The van der Waals surface area contributed by atoms with Crippen molar-refractivity contribution < 1.29 is 0 Å². The maximum atomic E-state index is 2.45. The summed E-state index contributed by atoms with van der Waals surface area (Å²) in [6, 6.07) is 122. The molecule has 110 heavy (non-hydrogen) atoms. The van der Waals surface area contributed by atoms with E-state index in [1.165, 1.54) is 177 Å². The summed E-state index contributed by atoms with van der Waals surface area (Å²) in [4.78, 5) is 9.80. The van der Waals surface area contributed by atoms with Crippen LogP contribution in [-0.2, 0) is 0 Å². The Hall–Kier alpha value is -12.8. The van der Waals surface area contributed by atoms with Crippen molar-refractivity contribution in [3.8, 4) is 22.3 Å². The minimum Gasteiger partial charge on any atom is -0.310 e. The second-order valence-corrected chi connectivity index (χ2v) is 30.9. The molecule has 18 aromatic carbocycles. The van der Waals surface area contributed by atoms with E-state index in [0.29, 0.717) is 11.8 Å². The fourth-order valence-corrected chi connectivity index (χ4v) is 16.5. The molecule has 4 nitrogen and oxygen atoms in total. The maximum absolute atomic E-state index is 2.45. The third-order valence-corrected chi connectivity index (χ3v) is 23.3. The van der Waals surface area contributed by atoms with Crippen molar-refractivity contribution in [3.05, 3.63) is 383 Å². The van der Waals surface area contributed by atoms with E-state index in [-0.39, 0.29) is 0 Å². The van der Waals surface area contributed by atoms with Gasteiger partial charge in [-0.2, -0.15) is 0 Å². The normalized spacial score (nSPS) is 11.6. The molecule has 0 saturated heterocycles. The highest BCUT2D eigenvalue weighted by atomic mass is 15.2. The zero-order valence-electron chi connectivity index (χ0n) is 65.1. The number of para-hydroxylation sites is 2. The largest absolute Gasteiger partial charge is 0.310 e. The number of anilines is 12. The van der Waals surface area contributed by atoms with Crippen molar-refractivity contribution in [1.29, 1.82) is 0 Å². The van der Waals surface area contributed by atoms with E-state index < -0.39 is 0 Å². The van der Waals surface area contributed by atoms with Gasteiger partial charge in [-0.3, -0.25) is 0 Å². The summed E-state index contributed by atoms with van der Waals surface area (Å²) >= 11 is 0. The van der Waals surface area contributed by atoms with Gasteiger partial charge in [0.05, 0.1) is 22.7 Å². The molecule has 0 fully saturated rings. The standard InChI is InChI=1S/C58H48N2.C48H44N2/c1-39(2)41-25-29-47(30-26-41)59(45-21-13-7-14-22-45)55-37-53(43-17-9-5-10-18-43)49-34-36-52-56(60(46-23-15-8-16-24-46)48-31-27-42(28-32-48)40(3)4)38-54(44-19-11-6-12-20-44)50-33-35-51(55)57(49)58(50)52;1-29-9-17-39(25-33(29)5)49(40-18-10-30(2)34(6)26-40)45-23-15-37-14-22-44-46(24-16-38-13-21-43(45)47(37)48(38)44)50(41-19-11-31(3)35(7)27-41)42-20-12-32(4)36(8)28-42/h5-40H,1-4H3;9-28H,1-8H3. The van der Waals surface area contributed by atoms with Crippen LogP contribution < -0.4 is 19.6 Å². The Morgan fingerprint density at radius 3 is 0.755 bits per heavy atom. The van der Waals surface area contributed by atoms with Crippen LogP contribution in [0.4, 0.5) is 68.2 Å². The number of aryl methyl sites for hydroxylation is 8. The number of hydrogen-bond acceptors (Lipinski definition) is 4. The van der Waals surface area contributed by atoms with Crippen molar-refractivity contribution in [2.45, 2.75) is 94.9 Å². The van der Waals surface area contributed by atoms with Gasteiger partial charge < -0.3 is 19.6 Å². The molecule has 536 valence electrons. The lowest BCUT2D eigenvalue weighted by molar-refractivity contribution is 0.866. The average molecular weight is 1420 g/mol. The van der Waals surface area contributed by atoms with E-state index in [4.69, 9.17) is 0 Å². The molecule has 0 heterocycles. The maximum Gasteiger partial charge on any atom is 0.0546 e. The second kappa shape index (κ2) is 29.1. The molecule has 4 heteroatoms. The predicted octanol–water partition coefficient (Wildman–Crippen LogP) is 31.1. The first kappa shape index (κ1) is 70.2. The third-order valence-electron chi connectivity index (χ3n) is 23.3. The van der Waals surface area contributed by atoms with Crippen LogP contribution in [-0.4, -0.2) is 0 Å². The lowest BCUT2D eigenvalue weighted by Gasteiger charge is -2.31. The summed E-state index contributed by atoms with van der Waals surface area (Å²) in [5, 5.41) is 15.0. The zero-order chi connectivity index (χ0) is 75.6. The number of rotatable bonds is 16. The van der Waals surface area contributed by atoms with Crippen molar-refractivity contribution in [1.82, 2.24) is 0 Å². The van der Waals surface area contributed by atoms with Gasteiger partial charge >= 0.3 is 0 Å². The number of benzene rings is 18. The molecule has 0 N–H and O–H groups in total. The first-order chi connectivity index (χ1) is 53.5. The van der Waals surface area contributed by atoms with Gasteiger partial charge in [-0.25, -0.2) is 0 Å². The minimum atomic E-state index is 0.444. The number of nitrogens with zero attached hydrogens (tertiary/aromatic N) is 4. The highest BCUT2D eigenvalue weighted by molar-refractivity contribution is 6.33. The van der Waals surface area contributed by atoms with E-state index in [1.54, 1.807) is 0 Å². The van der Waals surface area contributed by atoms with Crippen molar-refractivity contribution in [2.75, 3.05) is 19.6 Å². The molecule has 0 radical (unpaired) electrons. The molecule has 0 amide bonds. The Bertz CT molecular complexity index is 5920. The first-order valence-corrected chi connectivity index (χ1v) is 38.9. The van der Waals surface area contributed by atoms with Gasteiger partial charge in [-0.05, 0) is 299 Å². The lowest BCUT2D eigenvalue weighted by Crippen LogP contribution is -2.12. The quantitative estimate of drug-likeness (QED) is 0.0894. The molecule has 0 saturated carbocycles. The topological polar surface area (TPSA) is 13.0 Å². The van der Waals surface area contributed by atoms with Crippen LogP contribution in [0.5, 0.6) is 0 Å². The van der Waals surface area contributed by atoms with Crippen LogP contribution in [0.3, 0.4) is 0 Å². The Morgan fingerprint density at radius 1 is 0.191 bits per heavy atom. The molecular formula is C106H92N4. The van der Waals surface area contributed by atoms with Gasteiger partial charge in [0, 0.05) is 77.8 Å². The monoisotopic (exact) mass is 1420 g/mol. The second-order valence-electron chi connectivity index (χ2n) is 30.9. The highest BCUT2D eigenvalue weighted by Crippen LogP contribution is 2.54. The van der Waals surface area contributed by atoms with E-state index >= 15 is 0 Å². The molecule has 0 aliphatic heterocycles. The van der Waals surface area contributed by atoms with E-state index in [1.807, 2.05) is 0 Å². The summed E-state index contributed by atoms with van der Waals surface area (Å²) in [6.45, 7) is 26.6. The zero-order valence-corrected chi connectivity index (χ0v) is 65.1. The smallest absolute Gasteiger partial charge is 0.0546 e. The molecule has 0 aliphatic rings. The summed E-state index contributed by atoms with van der Waals surface area (Å²) in [6.07, 6.45) is 0. The van der Waals surface area contributed by atoms with Gasteiger partial charge in [-0.15, -0.1) is 0 Å². The van der Waals surface area contributed by atoms with Crippen LogP contribution in [0.25, 0.3) is 86.9 Å².